The zero-order valence-corrected chi connectivity index (χ0v) is 12.0. The lowest BCUT2D eigenvalue weighted by Gasteiger charge is -2.19. The van der Waals surface area contributed by atoms with Crippen LogP contribution in [-0.2, 0) is 11.2 Å². The summed E-state index contributed by atoms with van der Waals surface area (Å²) in [4.78, 5) is 25.8. The van der Waals surface area contributed by atoms with E-state index in [0.29, 0.717) is 25.9 Å². The first-order chi connectivity index (χ1) is 10.1. The van der Waals surface area contributed by atoms with Crippen molar-refractivity contribution < 1.29 is 14.3 Å². The van der Waals surface area contributed by atoms with E-state index in [1.807, 2.05) is 24.3 Å². The Balaban J connectivity index is 1.64. The Morgan fingerprint density at radius 1 is 1.29 bits per heavy atom. The fourth-order valence-electron chi connectivity index (χ4n) is 2.89. The molecule has 2 saturated heterocycles. The molecule has 2 aliphatic heterocycles. The quantitative estimate of drug-likeness (QED) is 0.793. The zero-order chi connectivity index (χ0) is 14.9. The van der Waals surface area contributed by atoms with Gasteiger partial charge >= 0.3 is 6.03 Å². The predicted molar refractivity (Wildman–Crippen MR) is 77.2 cm³/mol. The van der Waals surface area contributed by atoms with Crippen LogP contribution in [0.3, 0.4) is 0 Å². The van der Waals surface area contributed by atoms with Crippen LogP contribution in [-0.4, -0.2) is 49.1 Å². The summed E-state index contributed by atoms with van der Waals surface area (Å²) >= 11 is 0. The van der Waals surface area contributed by atoms with E-state index < -0.39 is 5.54 Å². The molecule has 0 saturated carbocycles. The van der Waals surface area contributed by atoms with Crippen molar-refractivity contribution in [3.63, 3.8) is 0 Å². The molecule has 2 fully saturated rings. The van der Waals surface area contributed by atoms with Gasteiger partial charge in [0, 0.05) is 13.1 Å². The number of imide groups is 1. The molecule has 21 heavy (non-hydrogen) atoms. The molecule has 3 rings (SSSR count). The van der Waals surface area contributed by atoms with Crippen LogP contribution in [0.25, 0.3) is 0 Å². The highest BCUT2D eigenvalue weighted by Crippen LogP contribution is 2.24. The third-order valence-electron chi connectivity index (χ3n) is 4.18. The van der Waals surface area contributed by atoms with E-state index in [9.17, 15) is 9.59 Å². The average molecular weight is 289 g/mol. The molecule has 0 bridgehead atoms. The molecule has 2 aliphatic rings. The molecule has 1 atom stereocenters. The third kappa shape index (κ3) is 2.47. The van der Waals surface area contributed by atoms with Gasteiger partial charge in [0.2, 0.25) is 0 Å². The number of carbonyl (C=O) groups excluding carboxylic acids is 2. The van der Waals surface area contributed by atoms with E-state index in [0.717, 1.165) is 17.9 Å². The molecule has 112 valence electrons. The molecule has 2 N–H and O–H groups in total. The number of nitrogens with zero attached hydrogens (tertiary/aromatic N) is 1. The van der Waals surface area contributed by atoms with Crippen molar-refractivity contribution in [3.05, 3.63) is 29.8 Å². The molecule has 6 nitrogen and oxygen atoms in total. The first-order valence-electron chi connectivity index (χ1n) is 7.12. The Morgan fingerprint density at radius 2 is 2.05 bits per heavy atom. The first kappa shape index (κ1) is 13.9. The van der Waals surface area contributed by atoms with Crippen LogP contribution in [0.2, 0.25) is 0 Å². The maximum absolute atomic E-state index is 12.4. The minimum absolute atomic E-state index is 0.106. The Kier molecular flexibility index (Phi) is 3.55. The lowest BCUT2D eigenvalue weighted by atomic mass is 9.99. The van der Waals surface area contributed by atoms with Gasteiger partial charge in [0.25, 0.3) is 5.91 Å². The molecule has 1 aromatic carbocycles. The monoisotopic (exact) mass is 289 g/mol. The third-order valence-corrected chi connectivity index (χ3v) is 4.18. The number of hydrogen-bond acceptors (Lipinski definition) is 4. The number of methoxy groups -OCH3 is 1. The molecule has 6 heteroatoms. The van der Waals surface area contributed by atoms with Gasteiger partial charge in [0.05, 0.1) is 7.11 Å². The molecule has 3 amide bonds. The minimum atomic E-state index is -0.711. The van der Waals surface area contributed by atoms with Crippen LogP contribution in [0.5, 0.6) is 5.75 Å². The summed E-state index contributed by atoms with van der Waals surface area (Å²) in [6.45, 7) is 1.69. The SMILES string of the molecule is COc1ccc(CCN2C(=O)NC3(CCNC3)C2=O)cc1. The Labute approximate surface area is 123 Å². The summed E-state index contributed by atoms with van der Waals surface area (Å²) in [5.74, 6) is 0.690. The molecule has 0 aliphatic carbocycles. The van der Waals surface area contributed by atoms with E-state index in [2.05, 4.69) is 10.6 Å². The summed E-state index contributed by atoms with van der Waals surface area (Å²) in [6, 6.07) is 7.37. The molecular weight excluding hydrogens is 270 g/mol. The molecular formula is C15H19N3O3. The molecule has 0 radical (unpaired) electrons. The Morgan fingerprint density at radius 3 is 2.67 bits per heavy atom. The van der Waals surface area contributed by atoms with Gasteiger partial charge in [-0.3, -0.25) is 9.69 Å². The van der Waals surface area contributed by atoms with Crippen molar-refractivity contribution in [2.75, 3.05) is 26.7 Å². The normalized spacial score (nSPS) is 24.7. The van der Waals surface area contributed by atoms with Crippen molar-refractivity contribution in [1.82, 2.24) is 15.5 Å². The van der Waals surface area contributed by atoms with Crippen LogP contribution in [0.4, 0.5) is 4.79 Å². The summed E-state index contributed by atoms with van der Waals surface area (Å²) in [6.07, 6.45) is 1.31. The van der Waals surface area contributed by atoms with E-state index >= 15 is 0 Å². The topological polar surface area (TPSA) is 70.7 Å². The standard InChI is InChI=1S/C15H19N3O3/c1-21-12-4-2-11(3-5-12)6-9-18-13(19)15(17-14(18)20)7-8-16-10-15/h2-5,16H,6-10H2,1H3,(H,17,20). The smallest absolute Gasteiger partial charge is 0.325 e. The average Bonchev–Trinajstić information content (AvgIpc) is 3.05. The number of hydrogen-bond donors (Lipinski definition) is 2. The Hall–Kier alpha value is -2.08. The van der Waals surface area contributed by atoms with Crippen LogP contribution >= 0.6 is 0 Å². The number of carbonyl (C=O) groups is 2. The maximum atomic E-state index is 12.4. The fourth-order valence-corrected chi connectivity index (χ4v) is 2.89. The minimum Gasteiger partial charge on any atom is -0.497 e. The second-order valence-electron chi connectivity index (χ2n) is 5.49. The second kappa shape index (κ2) is 5.37. The molecule has 1 aromatic rings. The summed E-state index contributed by atoms with van der Waals surface area (Å²) in [7, 11) is 1.62. The van der Waals surface area contributed by atoms with Crippen molar-refractivity contribution in [1.29, 1.82) is 0 Å². The maximum Gasteiger partial charge on any atom is 0.325 e. The number of rotatable bonds is 4. The second-order valence-corrected chi connectivity index (χ2v) is 5.49. The van der Waals surface area contributed by atoms with E-state index in [-0.39, 0.29) is 11.9 Å². The zero-order valence-electron chi connectivity index (χ0n) is 12.0. The van der Waals surface area contributed by atoms with Crippen molar-refractivity contribution in [3.8, 4) is 5.75 Å². The van der Waals surface area contributed by atoms with Gasteiger partial charge in [-0.05, 0) is 37.1 Å². The van der Waals surface area contributed by atoms with Gasteiger partial charge in [-0.1, -0.05) is 12.1 Å². The number of nitrogens with one attached hydrogen (secondary N) is 2. The van der Waals surface area contributed by atoms with E-state index in [1.54, 1.807) is 7.11 Å². The van der Waals surface area contributed by atoms with E-state index in [1.165, 1.54) is 4.90 Å². The number of benzene rings is 1. The van der Waals surface area contributed by atoms with Gasteiger partial charge in [0.15, 0.2) is 0 Å². The summed E-state index contributed by atoms with van der Waals surface area (Å²) in [5, 5.41) is 5.98. The van der Waals surface area contributed by atoms with Gasteiger partial charge in [-0.25, -0.2) is 4.79 Å². The lowest BCUT2D eigenvalue weighted by Crippen LogP contribution is -2.48. The van der Waals surface area contributed by atoms with Crippen LogP contribution in [0.1, 0.15) is 12.0 Å². The highest BCUT2D eigenvalue weighted by molar-refractivity contribution is 6.07. The lowest BCUT2D eigenvalue weighted by molar-refractivity contribution is -0.130. The van der Waals surface area contributed by atoms with Gasteiger partial charge in [-0.15, -0.1) is 0 Å². The number of urea groups is 1. The number of ether oxygens (including phenoxy) is 1. The van der Waals surface area contributed by atoms with Crippen LogP contribution < -0.4 is 15.4 Å². The predicted octanol–water partition coefficient (Wildman–Crippen LogP) is 0.522. The van der Waals surface area contributed by atoms with Crippen molar-refractivity contribution in [2.24, 2.45) is 0 Å². The Bertz CT molecular complexity index is 550. The highest BCUT2D eigenvalue weighted by atomic mass is 16.5. The van der Waals surface area contributed by atoms with Gasteiger partial charge in [0.1, 0.15) is 11.3 Å². The van der Waals surface area contributed by atoms with Crippen molar-refractivity contribution >= 4 is 11.9 Å². The molecule has 1 spiro atoms. The molecule has 1 unspecified atom stereocenters. The van der Waals surface area contributed by atoms with Crippen molar-refractivity contribution in [2.45, 2.75) is 18.4 Å². The molecule has 0 aromatic heterocycles. The highest BCUT2D eigenvalue weighted by Gasteiger charge is 2.52. The summed E-state index contributed by atoms with van der Waals surface area (Å²) in [5.41, 5.74) is 0.360. The van der Waals surface area contributed by atoms with Crippen LogP contribution in [0.15, 0.2) is 24.3 Å². The van der Waals surface area contributed by atoms with Crippen LogP contribution in [0, 0.1) is 0 Å². The fraction of sp³-hybridized carbons (Fsp3) is 0.467. The van der Waals surface area contributed by atoms with E-state index in [4.69, 9.17) is 4.74 Å². The number of amides is 3. The first-order valence-corrected chi connectivity index (χ1v) is 7.12. The van der Waals surface area contributed by atoms with Gasteiger partial charge < -0.3 is 15.4 Å². The largest absolute Gasteiger partial charge is 0.497 e. The summed E-state index contributed by atoms with van der Waals surface area (Å²) < 4.78 is 5.11. The molecule has 2 heterocycles. The van der Waals surface area contributed by atoms with Gasteiger partial charge in [-0.2, -0.15) is 0 Å².